The van der Waals surface area contributed by atoms with Gasteiger partial charge in [0.1, 0.15) is 17.2 Å². The molecule has 0 aromatic heterocycles. The zero-order valence-electron chi connectivity index (χ0n) is 12.1. The molecule has 1 aliphatic heterocycles. The third kappa shape index (κ3) is 2.31. The number of ether oxygens (including phenoxy) is 1. The average molecular weight is 270 g/mol. The van der Waals surface area contributed by atoms with E-state index in [4.69, 9.17) is 4.74 Å². The van der Waals surface area contributed by atoms with Crippen LogP contribution in [0.3, 0.4) is 0 Å². The highest BCUT2D eigenvalue weighted by molar-refractivity contribution is 5.50. The van der Waals surface area contributed by atoms with Gasteiger partial charge in [-0.1, -0.05) is 18.2 Å². The summed E-state index contributed by atoms with van der Waals surface area (Å²) in [4.78, 5) is 0. The van der Waals surface area contributed by atoms with Crippen LogP contribution in [0.2, 0.25) is 0 Å². The smallest absolute Gasteiger partial charge is 0.124 e. The van der Waals surface area contributed by atoms with Gasteiger partial charge in [-0.25, -0.2) is 4.39 Å². The minimum absolute atomic E-state index is 0.192. The van der Waals surface area contributed by atoms with Crippen LogP contribution in [0.15, 0.2) is 59.4 Å². The van der Waals surface area contributed by atoms with Gasteiger partial charge in [0.05, 0.1) is 0 Å². The highest BCUT2D eigenvalue weighted by atomic mass is 19.1. The van der Waals surface area contributed by atoms with Gasteiger partial charge in [0.25, 0.3) is 0 Å². The number of rotatable bonds is 1. The molecule has 1 aromatic carbocycles. The van der Waals surface area contributed by atoms with Crippen LogP contribution in [-0.4, -0.2) is 5.60 Å². The molecule has 1 aliphatic carbocycles. The Kier molecular flexibility index (Phi) is 3.04. The third-order valence-corrected chi connectivity index (χ3v) is 3.89. The monoisotopic (exact) mass is 270 g/mol. The van der Waals surface area contributed by atoms with E-state index in [1.165, 1.54) is 23.3 Å². The van der Waals surface area contributed by atoms with Crippen LogP contribution >= 0.6 is 0 Å². The molecule has 0 bridgehead atoms. The Balaban J connectivity index is 2.03. The molecule has 0 amide bonds. The standard InChI is InChI=1S/C18H19FO/c1-12-11-18(2,3)20-16-6-4-5-15(17(12)16)13-7-9-14(19)10-8-13/h4,6-11,15H,5H2,1-3H3/t15-/m1/s1. The van der Waals surface area contributed by atoms with Gasteiger partial charge in [-0.3, -0.25) is 0 Å². The number of hydrogen-bond donors (Lipinski definition) is 0. The van der Waals surface area contributed by atoms with Gasteiger partial charge in [0.15, 0.2) is 0 Å². The molecular weight excluding hydrogens is 251 g/mol. The summed E-state index contributed by atoms with van der Waals surface area (Å²) in [7, 11) is 0. The van der Waals surface area contributed by atoms with E-state index in [1.54, 1.807) is 0 Å². The predicted octanol–water partition coefficient (Wildman–Crippen LogP) is 4.88. The summed E-state index contributed by atoms with van der Waals surface area (Å²) in [6, 6.07) is 6.80. The second kappa shape index (κ2) is 4.62. The second-order valence-electron chi connectivity index (χ2n) is 6.05. The van der Waals surface area contributed by atoms with E-state index in [2.05, 4.69) is 39.0 Å². The Bertz CT molecular complexity index is 617. The van der Waals surface area contributed by atoms with E-state index >= 15 is 0 Å². The fourth-order valence-electron chi connectivity index (χ4n) is 3.16. The first-order valence-corrected chi connectivity index (χ1v) is 7.01. The van der Waals surface area contributed by atoms with Crippen molar-refractivity contribution in [1.82, 2.24) is 0 Å². The van der Waals surface area contributed by atoms with E-state index in [0.717, 1.165) is 17.7 Å². The Hall–Kier alpha value is -1.83. The predicted molar refractivity (Wildman–Crippen MR) is 78.8 cm³/mol. The number of allylic oxidation sites excluding steroid dienone is 4. The van der Waals surface area contributed by atoms with Crippen LogP contribution < -0.4 is 0 Å². The summed E-state index contributed by atoms with van der Waals surface area (Å²) in [5.74, 6) is 1.01. The minimum Gasteiger partial charge on any atom is -0.483 e. The topological polar surface area (TPSA) is 9.23 Å². The Morgan fingerprint density at radius 2 is 1.90 bits per heavy atom. The molecule has 0 fully saturated rings. The zero-order valence-corrected chi connectivity index (χ0v) is 12.1. The average Bonchev–Trinajstić information content (AvgIpc) is 2.37. The van der Waals surface area contributed by atoms with Crippen molar-refractivity contribution in [3.05, 3.63) is 70.8 Å². The molecule has 1 atom stereocenters. The van der Waals surface area contributed by atoms with Crippen molar-refractivity contribution >= 4 is 0 Å². The first-order valence-electron chi connectivity index (χ1n) is 7.01. The molecule has 1 heterocycles. The molecule has 0 unspecified atom stereocenters. The van der Waals surface area contributed by atoms with Gasteiger partial charge < -0.3 is 4.74 Å². The number of benzene rings is 1. The summed E-state index contributed by atoms with van der Waals surface area (Å²) >= 11 is 0. The Morgan fingerprint density at radius 1 is 1.20 bits per heavy atom. The van der Waals surface area contributed by atoms with Gasteiger partial charge in [-0.2, -0.15) is 0 Å². The lowest BCUT2D eigenvalue weighted by Gasteiger charge is -2.36. The molecule has 20 heavy (non-hydrogen) atoms. The lowest BCUT2D eigenvalue weighted by molar-refractivity contribution is 0.0777. The molecule has 104 valence electrons. The lowest BCUT2D eigenvalue weighted by Crippen LogP contribution is -2.28. The summed E-state index contributed by atoms with van der Waals surface area (Å²) in [6.45, 7) is 6.26. The summed E-state index contributed by atoms with van der Waals surface area (Å²) in [5, 5.41) is 0. The summed E-state index contributed by atoms with van der Waals surface area (Å²) in [6.07, 6.45) is 7.30. The van der Waals surface area contributed by atoms with E-state index in [9.17, 15) is 4.39 Å². The van der Waals surface area contributed by atoms with Crippen molar-refractivity contribution in [3.63, 3.8) is 0 Å². The fourth-order valence-corrected chi connectivity index (χ4v) is 3.16. The van der Waals surface area contributed by atoms with Gasteiger partial charge in [0, 0.05) is 11.5 Å². The van der Waals surface area contributed by atoms with Gasteiger partial charge in [0.2, 0.25) is 0 Å². The maximum absolute atomic E-state index is 13.1. The molecule has 0 N–H and O–H groups in total. The van der Waals surface area contributed by atoms with Gasteiger partial charge in [-0.15, -0.1) is 0 Å². The molecule has 0 radical (unpaired) electrons. The van der Waals surface area contributed by atoms with E-state index in [1.807, 2.05) is 12.1 Å². The molecule has 2 heteroatoms. The Morgan fingerprint density at radius 3 is 2.60 bits per heavy atom. The molecule has 3 rings (SSSR count). The van der Waals surface area contributed by atoms with Gasteiger partial charge in [-0.05, 0) is 62.6 Å². The van der Waals surface area contributed by atoms with E-state index in [0.29, 0.717) is 0 Å². The van der Waals surface area contributed by atoms with Crippen LogP contribution in [0.4, 0.5) is 4.39 Å². The van der Waals surface area contributed by atoms with Crippen LogP contribution in [0.1, 0.15) is 38.7 Å². The molecule has 0 saturated carbocycles. The Labute approximate surface area is 119 Å². The van der Waals surface area contributed by atoms with Crippen molar-refractivity contribution in [1.29, 1.82) is 0 Å². The maximum Gasteiger partial charge on any atom is 0.124 e. The SMILES string of the molecule is CC1=CC(C)(C)OC2=C1[C@@H](c1ccc(F)cc1)CC=C2. The minimum atomic E-state index is -0.266. The zero-order chi connectivity index (χ0) is 14.3. The fraction of sp³-hybridized carbons (Fsp3) is 0.333. The van der Waals surface area contributed by atoms with Crippen LogP contribution in [-0.2, 0) is 4.74 Å². The van der Waals surface area contributed by atoms with E-state index < -0.39 is 0 Å². The molecule has 1 aromatic rings. The quantitative estimate of drug-likeness (QED) is 0.706. The second-order valence-corrected chi connectivity index (χ2v) is 6.05. The lowest BCUT2D eigenvalue weighted by atomic mass is 9.79. The van der Waals surface area contributed by atoms with E-state index in [-0.39, 0.29) is 17.3 Å². The molecule has 0 spiro atoms. The van der Waals surface area contributed by atoms with Crippen LogP contribution in [0.25, 0.3) is 0 Å². The highest BCUT2D eigenvalue weighted by Gasteiger charge is 2.31. The molecule has 1 nitrogen and oxygen atoms in total. The largest absolute Gasteiger partial charge is 0.483 e. The van der Waals surface area contributed by atoms with Crippen LogP contribution in [0.5, 0.6) is 0 Å². The molecule has 2 aliphatic rings. The van der Waals surface area contributed by atoms with Crippen molar-refractivity contribution in [2.45, 2.75) is 38.7 Å². The molecule has 0 saturated heterocycles. The van der Waals surface area contributed by atoms with Crippen molar-refractivity contribution in [2.24, 2.45) is 0 Å². The normalized spacial score (nSPS) is 24.0. The third-order valence-electron chi connectivity index (χ3n) is 3.89. The molecular formula is C18H19FO. The van der Waals surface area contributed by atoms with Crippen molar-refractivity contribution in [2.75, 3.05) is 0 Å². The first kappa shape index (κ1) is 13.2. The summed E-state index contributed by atoms with van der Waals surface area (Å²) in [5.41, 5.74) is 3.37. The van der Waals surface area contributed by atoms with Crippen molar-refractivity contribution < 1.29 is 9.13 Å². The van der Waals surface area contributed by atoms with Crippen molar-refractivity contribution in [3.8, 4) is 0 Å². The van der Waals surface area contributed by atoms with Gasteiger partial charge >= 0.3 is 0 Å². The maximum atomic E-state index is 13.1. The highest BCUT2D eigenvalue weighted by Crippen LogP contribution is 2.43. The summed E-state index contributed by atoms with van der Waals surface area (Å²) < 4.78 is 19.2. The first-order chi connectivity index (χ1) is 9.46. The van der Waals surface area contributed by atoms with Crippen LogP contribution in [0, 0.1) is 5.82 Å². The number of hydrogen-bond acceptors (Lipinski definition) is 1. The number of halogens is 1.